The predicted molar refractivity (Wildman–Crippen MR) is 128 cm³/mol. The Morgan fingerprint density at radius 1 is 1.06 bits per heavy atom. The second kappa shape index (κ2) is 9.35. The van der Waals surface area contributed by atoms with Crippen LogP contribution in [0.4, 0.5) is 0 Å². The number of benzene rings is 3. The van der Waals surface area contributed by atoms with Gasteiger partial charge in [0.1, 0.15) is 5.75 Å². The maximum Gasteiger partial charge on any atom is 0.328 e. The van der Waals surface area contributed by atoms with Crippen LogP contribution in [-0.4, -0.2) is 28.4 Å². The molecule has 0 saturated heterocycles. The van der Waals surface area contributed by atoms with Crippen LogP contribution in [0.15, 0.2) is 79.0 Å². The van der Waals surface area contributed by atoms with Crippen molar-refractivity contribution in [2.24, 2.45) is 0 Å². The van der Waals surface area contributed by atoms with E-state index in [4.69, 9.17) is 9.84 Å². The second-order valence-electron chi connectivity index (χ2n) is 7.37. The fourth-order valence-corrected chi connectivity index (χ4v) is 3.94. The van der Waals surface area contributed by atoms with Crippen molar-refractivity contribution in [1.29, 1.82) is 0 Å². The molecule has 0 saturated carbocycles. The molecule has 2 N–H and O–H groups in total. The Hall–Kier alpha value is -4.12. The second-order valence-corrected chi connectivity index (χ2v) is 7.37. The number of hydrogen-bond acceptors (Lipinski definition) is 3. The SMILES string of the molecule is CC/C(=C(/c1ccc(/C=C/C(=O)O)cc1)c1ccc2[nH]ncc2c1)c1ccccc1OC. The lowest BCUT2D eigenvalue weighted by Gasteiger charge is -2.18. The highest BCUT2D eigenvalue weighted by atomic mass is 16.5. The quantitative estimate of drug-likeness (QED) is 0.280. The minimum Gasteiger partial charge on any atom is -0.496 e. The minimum absolute atomic E-state index is 0.805. The number of carboxylic acids is 1. The third-order valence-electron chi connectivity index (χ3n) is 5.43. The number of nitrogens with one attached hydrogen (secondary N) is 1. The Labute approximate surface area is 186 Å². The number of carbonyl (C=O) groups is 1. The van der Waals surface area contributed by atoms with Crippen molar-refractivity contribution in [3.63, 3.8) is 0 Å². The van der Waals surface area contributed by atoms with Gasteiger partial charge in [0.2, 0.25) is 0 Å². The van der Waals surface area contributed by atoms with Gasteiger partial charge in [-0.15, -0.1) is 0 Å². The molecule has 0 spiro atoms. The van der Waals surface area contributed by atoms with Gasteiger partial charge >= 0.3 is 5.97 Å². The number of hydrogen-bond donors (Lipinski definition) is 2. The number of rotatable bonds is 7. The number of H-pyrrole nitrogens is 1. The molecule has 3 aromatic carbocycles. The average molecular weight is 425 g/mol. The molecule has 5 nitrogen and oxygen atoms in total. The standard InChI is InChI=1S/C27H24N2O3/c1-3-22(23-6-4-5-7-25(23)32-2)27(20-13-14-24-21(16-20)17-28-29-24)19-11-8-18(9-12-19)10-15-26(30)31/h4-17H,3H2,1-2H3,(H,28,29)(H,30,31)/b15-10+,27-22+. The van der Waals surface area contributed by atoms with Crippen molar-refractivity contribution in [1.82, 2.24) is 10.2 Å². The van der Waals surface area contributed by atoms with Gasteiger partial charge in [-0.1, -0.05) is 55.5 Å². The highest BCUT2D eigenvalue weighted by Crippen LogP contribution is 2.38. The Bertz CT molecular complexity index is 1310. The van der Waals surface area contributed by atoms with E-state index in [1.54, 1.807) is 13.2 Å². The molecule has 1 heterocycles. The first-order valence-electron chi connectivity index (χ1n) is 10.4. The molecule has 0 bridgehead atoms. The summed E-state index contributed by atoms with van der Waals surface area (Å²) in [6.45, 7) is 2.14. The van der Waals surface area contributed by atoms with Gasteiger partial charge in [-0.3, -0.25) is 5.10 Å². The number of nitrogens with zero attached hydrogens (tertiary/aromatic N) is 1. The largest absolute Gasteiger partial charge is 0.496 e. The Morgan fingerprint density at radius 3 is 2.53 bits per heavy atom. The van der Waals surface area contributed by atoms with E-state index in [0.717, 1.165) is 57.0 Å². The molecular weight excluding hydrogens is 400 g/mol. The van der Waals surface area contributed by atoms with Crippen molar-refractivity contribution < 1.29 is 14.6 Å². The zero-order chi connectivity index (χ0) is 22.5. The summed E-state index contributed by atoms with van der Waals surface area (Å²) in [6.07, 6.45) is 5.36. The first-order chi connectivity index (χ1) is 15.6. The zero-order valence-electron chi connectivity index (χ0n) is 18.0. The van der Waals surface area contributed by atoms with Gasteiger partial charge in [-0.25, -0.2) is 4.79 Å². The van der Waals surface area contributed by atoms with Crippen molar-refractivity contribution in [3.8, 4) is 5.75 Å². The maximum absolute atomic E-state index is 10.8. The molecule has 4 aromatic rings. The monoisotopic (exact) mass is 424 g/mol. The van der Waals surface area contributed by atoms with Gasteiger partial charge in [0.15, 0.2) is 0 Å². The molecule has 4 rings (SSSR count). The van der Waals surface area contributed by atoms with E-state index >= 15 is 0 Å². The normalized spacial score (nSPS) is 12.2. The lowest BCUT2D eigenvalue weighted by atomic mass is 9.87. The fourth-order valence-electron chi connectivity index (χ4n) is 3.94. The number of ether oxygens (including phenoxy) is 1. The van der Waals surface area contributed by atoms with Crippen LogP contribution in [0.3, 0.4) is 0 Å². The van der Waals surface area contributed by atoms with E-state index in [0.29, 0.717) is 0 Å². The molecule has 0 atom stereocenters. The number of allylic oxidation sites excluding steroid dienone is 1. The van der Waals surface area contributed by atoms with Crippen LogP contribution >= 0.6 is 0 Å². The molecule has 160 valence electrons. The Balaban J connectivity index is 1.94. The van der Waals surface area contributed by atoms with Crippen molar-refractivity contribution in [3.05, 3.63) is 101 Å². The summed E-state index contributed by atoms with van der Waals surface area (Å²) in [5.74, 6) is -0.139. The summed E-state index contributed by atoms with van der Waals surface area (Å²) in [7, 11) is 1.69. The first-order valence-corrected chi connectivity index (χ1v) is 10.4. The van der Waals surface area contributed by atoms with E-state index < -0.39 is 5.97 Å². The number of para-hydroxylation sites is 1. The molecule has 0 unspecified atom stereocenters. The molecule has 0 aliphatic carbocycles. The van der Waals surface area contributed by atoms with Gasteiger partial charge in [0, 0.05) is 17.0 Å². The van der Waals surface area contributed by atoms with Gasteiger partial charge in [-0.2, -0.15) is 5.10 Å². The van der Waals surface area contributed by atoms with Crippen LogP contribution in [0.2, 0.25) is 0 Å². The number of aliphatic carboxylic acids is 1. The molecule has 0 amide bonds. The van der Waals surface area contributed by atoms with E-state index in [9.17, 15) is 4.79 Å². The molecule has 5 heteroatoms. The summed E-state index contributed by atoms with van der Waals surface area (Å²) in [5, 5.41) is 17.1. The van der Waals surface area contributed by atoms with Crippen LogP contribution < -0.4 is 4.74 Å². The predicted octanol–water partition coefficient (Wildman–Crippen LogP) is 6.04. The number of aromatic nitrogens is 2. The van der Waals surface area contributed by atoms with Crippen LogP contribution in [0.1, 0.15) is 35.6 Å². The molecular formula is C27H24N2O3. The minimum atomic E-state index is -0.965. The highest BCUT2D eigenvalue weighted by Gasteiger charge is 2.16. The number of aromatic amines is 1. The van der Waals surface area contributed by atoms with Gasteiger partial charge in [0.05, 0.1) is 18.8 Å². The molecule has 0 radical (unpaired) electrons. The van der Waals surface area contributed by atoms with E-state index in [2.05, 4.69) is 35.3 Å². The average Bonchev–Trinajstić information content (AvgIpc) is 3.29. The Kier molecular flexibility index (Phi) is 6.17. The van der Waals surface area contributed by atoms with Crippen LogP contribution in [-0.2, 0) is 4.79 Å². The summed E-state index contributed by atoms with van der Waals surface area (Å²) in [6, 6.07) is 22.2. The van der Waals surface area contributed by atoms with Gasteiger partial charge < -0.3 is 9.84 Å². The zero-order valence-corrected chi connectivity index (χ0v) is 18.0. The summed E-state index contributed by atoms with van der Waals surface area (Å²) >= 11 is 0. The fraction of sp³-hybridized carbons (Fsp3) is 0.111. The maximum atomic E-state index is 10.8. The summed E-state index contributed by atoms with van der Waals surface area (Å²) in [4.78, 5) is 10.8. The Morgan fingerprint density at radius 2 is 1.81 bits per heavy atom. The van der Waals surface area contributed by atoms with Crippen LogP contribution in [0.5, 0.6) is 5.75 Å². The summed E-state index contributed by atoms with van der Waals surface area (Å²) in [5.41, 5.74) is 7.26. The highest BCUT2D eigenvalue weighted by molar-refractivity contribution is 6.01. The van der Waals surface area contributed by atoms with Crippen molar-refractivity contribution in [2.75, 3.05) is 7.11 Å². The lowest BCUT2D eigenvalue weighted by molar-refractivity contribution is -0.131. The first kappa shape index (κ1) is 21.1. The van der Waals surface area contributed by atoms with E-state index in [1.807, 2.05) is 54.7 Å². The van der Waals surface area contributed by atoms with Gasteiger partial charge in [0.25, 0.3) is 0 Å². The number of methoxy groups -OCH3 is 1. The van der Waals surface area contributed by atoms with Gasteiger partial charge in [-0.05, 0) is 58.5 Å². The number of fused-ring (bicyclic) bond motifs is 1. The molecule has 0 aliphatic rings. The van der Waals surface area contributed by atoms with Crippen LogP contribution in [0.25, 0.3) is 28.1 Å². The molecule has 0 fully saturated rings. The topological polar surface area (TPSA) is 75.2 Å². The van der Waals surface area contributed by atoms with Crippen LogP contribution in [0, 0.1) is 0 Å². The third-order valence-corrected chi connectivity index (χ3v) is 5.43. The van der Waals surface area contributed by atoms with Crippen molar-refractivity contribution in [2.45, 2.75) is 13.3 Å². The summed E-state index contributed by atoms with van der Waals surface area (Å²) < 4.78 is 5.67. The number of carboxylic acid groups (broad SMARTS) is 1. The smallest absolute Gasteiger partial charge is 0.328 e. The van der Waals surface area contributed by atoms with Crippen molar-refractivity contribution >= 4 is 34.1 Å². The van der Waals surface area contributed by atoms with E-state index in [1.165, 1.54) is 5.57 Å². The molecule has 32 heavy (non-hydrogen) atoms. The molecule has 0 aliphatic heterocycles. The molecule has 1 aromatic heterocycles. The third kappa shape index (κ3) is 4.32. The lowest BCUT2D eigenvalue weighted by Crippen LogP contribution is -1.98. The van der Waals surface area contributed by atoms with E-state index in [-0.39, 0.29) is 0 Å².